The highest BCUT2D eigenvalue weighted by Crippen LogP contribution is 2.22. The minimum absolute atomic E-state index is 0.0588. The third-order valence-electron chi connectivity index (χ3n) is 4.81. The van der Waals surface area contributed by atoms with Crippen molar-refractivity contribution in [2.75, 3.05) is 5.75 Å². The molecule has 7 heteroatoms. The average molecular weight is 467 g/mol. The van der Waals surface area contributed by atoms with E-state index < -0.39 is 6.04 Å². The minimum atomic E-state index is -0.578. The topological polar surface area (TPSA) is 49.4 Å². The lowest BCUT2D eigenvalue weighted by molar-refractivity contribution is -0.140. The van der Waals surface area contributed by atoms with Crippen LogP contribution in [0, 0.1) is 0 Å². The van der Waals surface area contributed by atoms with E-state index in [1.165, 1.54) is 0 Å². The molecule has 2 unspecified atom stereocenters. The number of nitrogens with one attached hydrogen (secondary N) is 1. The van der Waals surface area contributed by atoms with Gasteiger partial charge < -0.3 is 10.2 Å². The van der Waals surface area contributed by atoms with E-state index in [4.69, 9.17) is 23.2 Å². The Hall–Kier alpha value is -1.69. The van der Waals surface area contributed by atoms with E-state index in [1.807, 2.05) is 56.3 Å². The molecule has 30 heavy (non-hydrogen) atoms. The summed E-state index contributed by atoms with van der Waals surface area (Å²) in [5.41, 5.74) is 0.893. The van der Waals surface area contributed by atoms with Crippen LogP contribution in [0.1, 0.15) is 39.2 Å². The quantitative estimate of drug-likeness (QED) is 0.449. The molecular weight excluding hydrogens is 439 g/mol. The SMILES string of the molecule is CCC(C)NC(=O)C(C)N(Cc1cccc(Cl)c1)C(=O)CCSc1ccc(Cl)cc1. The molecule has 0 fully saturated rings. The van der Waals surface area contributed by atoms with Gasteiger partial charge in [-0.25, -0.2) is 0 Å². The summed E-state index contributed by atoms with van der Waals surface area (Å²) < 4.78 is 0. The summed E-state index contributed by atoms with van der Waals surface area (Å²) in [6, 6.07) is 14.4. The van der Waals surface area contributed by atoms with Gasteiger partial charge in [-0.2, -0.15) is 0 Å². The van der Waals surface area contributed by atoms with E-state index in [-0.39, 0.29) is 17.9 Å². The molecule has 4 nitrogen and oxygen atoms in total. The molecule has 0 saturated heterocycles. The van der Waals surface area contributed by atoms with Gasteiger partial charge in [0.25, 0.3) is 0 Å². The van der Waals surface area contributed by atoms with Gasteiger partial charge in [0.2, 0.25) is 11.8 Å². The third kappa shape index (κ3) is 7.86. The smallest absolute Gasteiger partial charge is 0.242 e. The fourth-order valence-corrected chi connectivity index (χ4v) is 3.99. The van der Waals surface area contributed by atoms with Gasteiger partial charge in [0.15, 0.2) is 0 Å². The van der Waals surface area contributed by atoms with Crippen molar-refractivity contribution in [3.05, 3.63) is 64.1 Å². The van der Waals surface area contributed by atoms with E-state index in [9.17, 15) is 9.59 Å². The van der Waals surface area contributed by atoms with Crippen molar-refractivity contribution >= 4 is 46.8 Å². The van der Waals surface area contributed by atoms with Crippen molar-refractivity contribution in [1.29, 1.82) is 0 Å². The van der Waals surface area contributed by atoms with Crippen LogP contribution in [0.4, 0.5) is 0 Å². The normalized spacial score (nSPS) is 12.8. The van der Waals surface area contributed by atoms with Crippen molar-refractivity contribution in [3.8, 4) is 0 Å². The summed E-state index contributed by atoms with van der Waals surface area (Å²) in [6.07, 6.45) is 1.16. The van der Waals surface area contributed by atoms with E-state index >= 15 is 0 Å². The summed E-state index contributed by atoms with van der Waals surface area (Å²) in [7, 11) is 0. The molecule has 1 N–H and O–H groups in total. The lowest BCUT2D eigenvalue weighted by Gasteiger charge is -2.29. The highest BCUT2D eigenvalue weighted by atomic mass is 35.5. The first-order valence-electron chi connectivity index (χ1n) is 10.0. The standard InChI is InChI=1S/C23H28Cl2N2O2S/c1-4-16(2)26-23(29)17(3)27(15-18-6-5-7-20(25)14-18)22(28)12-13-30-21-10-8-19(24)9-11-21/h5-11,14,16-17H,4,12-13,15H2,1-3H3,(H,26,29). The van der Waals surface area contributed by atoms with Crippen LogP contribution in [0.15, 0.2) is 53.4 Å². The van der Waals surface area contributed by atoms with Gasteiger partial charge in [-0.3, -0.25) is 9.59 Å². The Kier molecular flexibility index (Phi) is 10.0. The molecule has 0 bridgehead atoms. The fourth-order valence-electron chi connectivity index (χ4n) is 2.81. The summed E-state index contributed by atoms with van der Waals surface area (Å²) in [5.74, 6) is 0.403. The Morgan fingerprint density at radius 3 is 2.40 bits per heavy atom. The predicted molar refractivity (Wildman–Crippen MR) is 126 cm³/mol. The second-order valence-corrected chi connectivity index (χ2v) is 9.24. The van der Waals surface area contributed by atoms with E-state index in [0.717, 1.165) is 16.9 Å². The maximum Gasteiger partial charge on any atom is 0.242 e. The van der Waals surface area contributed by atoms with E-state index in [2.05, 4.69) is 5.32 Å². The molecule has 0 aliphatic rings. The highest BCUT2D eigenvalue weighted by Gasteiger charge is 2.26. The molecule has 2 rings (SSSR count). The summed E-state index contributed by atoms with van der Waals surface area (Å²) in [5, 5.41) is 4.26. The van der Waals surface area contributed by atoms with Crippen molar-refractivity contribution in [3.63, 3.8) is 0 Å². The molecule has 2 aromatic rings. The number of benzene rings is 2. The third-order valence-corrected chi connectivity index (χ3v) is 6.31. The van der Waals surface area contributed by atoms with Gasteiger partial charge in [0.1, 0.15) is 6.04 Å². The number of nitrogens with zero attached hydrogens (tertiary/aromatic N) is 1. The molecule has 0 aliphatic heterocycles. The van der Waals surface area contributed by atoms with Gasteiger partial charge in [-0.1, -0.05) is 42.3 Å². The maximum atomic E-state index is 13.1. The molecule has 0 aromatic heterocycles. The second kappa shape index (κ2) is 12.2. The molecular formula is C23H28Cl2N2O2S. The number of carbonyl (C=O) groups is 2. The number of hydrogen-bond donors (Lipinski definition) is 1. The summed E-state index contributed by atoms with van der Waals surface area (Å²) >= 11 is 13.6. The average Bonchev–Trinajstić information content (AvgIpc) is 2.72. The first kappa shape index (κ1) is 24.6. The van der Waals surface area contributed by atoms with Crippen LogP contribution in [-0.2, 0) is 16.1 Å². The summed E-state index contributed by atoms with van der Waals surface area (Å²) in [6.45, 7) is 6.07. The van der Waals surface area contributed by atoms with E-state index in [0.29, 0.717) is 28.8 Å². The molecule has 0 saturated carbocycles. The van der Waals surface area contributed by atoms with E-state index in [1.54, 1.807) is 29.7 Å². The molecule has 0 radical (unpaired) electrons. The number of carbonyl (C=O) groups excluding carboxylic acids is 2. The zero-order valence-corrected chi connectivity index (χ0v) is 19.9. The van der Waals surface area contributed by atoms with Crippen LogP contribution in [0.2, 0.25) is 10.0 Å². The first-order valence-corrected chi connectivity index (χ1v) is 11.8. The van der Waals surface area contributed by atoms with Crippen molar-refractivity contribution < 1.29 is 9.59 Å². The molecule has 162 valence electrons. The van der Waals surface area contributed by atoms with Gasteiger partial charge in [0.05, 0.1) is 0 Å². The van der Waals surface area contributed by atoms with Gasteiger partial charge in [-0.15, -0.1) is 11.8 Å². The molecule has 0 spiro atoms. The van der Waals surface area contributed by atoms with Crippen LogP contribution in [-0.4, -0.2) is 34.6 Å². The molecule has 0 aliphatic carbocycles. The van der Waals surface area contributed by atoms with Gasteiger partial charge in [0, 0.05) is 39.7 Å². The monoisotopic (exact) mass is 466 g/mol. The fraction of sp³-hybridized carbons (Fsp3) is 0.391. The van der Waals surface area contributed by atoms with Crippen molar-refractivity contribution in [2.24, 2.45) is 0 Å². The van der Waals surface area contributed by atoms with Crippen LogP contribution < -0.4 is 5.32 Å². The molecule has 2 atom stereocenters. The number of hydrogen-bond acceptors (Lipinski definition) is 3. The second-order valence-electron chi connectivity index (χ2n) is 7.20. The van der Waals surface area contributed by atoms with Crippen LogP contribution in [0.5, 0.6) is 0 Å². The maximum absolute atomic E-state index is 13.1. The number of amides is 2. The van der Waals surface area contributed by atoms with Crippen molar-refractivity contribution in [2.45, 2.75) is 57.1 Å². The first-order chi connectivity index (χ1) is 14.3. The zero-order chi connectivity index (χ0) is 22.1. The highest BCUT2D eigenvalue weighted by molar-refractivity contribution is 7.99. The predicted octanol–water partition coefficient (Wildman–Crippen LogP) is 5.81. The van der Waals surface area contributed by atoms with Crippen molar-refractivity contribution in [1.82, 2.24) is 10.2 Å². The zero-order valence-electron chi connectivity index (χ0n) is 17.5. The minimum Gasteiger partial charge on any atom is -0.352 e. The lowest BCUT2D eigenvalue weighted by atomic mass is 10.1. The van der Waals surface area contributed by atoms with Gasteiger partial charge >= 0.3 is 0 Å². The molecule has 2 aromatic carbocycles. The van der Waals surface area contributed by atoms with Crippen LogP contribution in [0.25, 0.3) is 0 Å². The Labute approximate surface area is 193 Å². The Bertz CT molecular complexity index is 845. The largest absolute Gasteiger partial charge is 0.352 e. The van der Waals surface area contributed by atoms with Gasteiger partial charge in [-0.05, 0) is 62.2 Å². The summed E-state index contributed by atoms with van der Waals surface area (Å²) in [4.78, 5) is 28.4. The molecule has 0 heterocycles. The molecule has 2 amide bonds. The lowest BCUT2D eigenvalue weighted by Crippen LogP contribution is -2.49. The number of rotatable bonds is 10. The number of halogens is 2. The number of thioether (sulfide) groups is 1. The Balaban J connectivity index is 2.07. The Morgan fingerprint density at radius 1 is 1.07 bits per heavy atom. The van der Waals surface area contributed by atoms with Crippen LogP contribution in [0.3, 0.4) is 0 Å². The van der Waals surface area contributed by atoms with Crippen LogP contribution >= 0.6 is 35.0 Å². The Morgan fingerprint density at radius 2 is 1.77 bits per heavy atom.